The van der Waals surface area contributed by atoms with Crippen LogP contribution in [0.1, 0.15) is 31.9 Å². The second kappa shape index (κ2) is 6.78. The smallest absolute Gasteiger partial charge is 0.261 e. The molecule has 0 aliphatic rings. The molecule has 0 amide bonds. The van der Waals surface area contributed by atoms with Gasteiger partial charge in [-0.1, -0.05) is 44.0 Å². The van der Waals surface area contributed by atoms with Gasteiger partial charge >= 0.3 is 0 Å². The molecule has 0 saturated heterocycles. The molecule has 7 heteroatoms. The van der Waals surface area contributed by atoms with Crippen LogP contribution in [0.2, 0.25) is 0 Å². The Morgan fingerprint density at radius 3 is 2.33 bits per heavy atom. The number of aryl methyl sites for hydroxylation is 1. The van der Waals surface area contributed by atoms with Gasteiger partial charge in [0.15, 0.2) is 0 Å². The van der Waals surface area contributed by atoms with Gasteiger partial charge in [-0.15, -0.1) is 0 Å². The Labute approximate surface area is 140 Å². The first-order valence-corrected chi connectivity index (χ1v) is 9.26. The summed E-state index contributed by atoms with van der Waals surface area (Å²) in [6, 6.07) is 3.19. The van der Waals surface area contributed by atoms with E-state index in [-0.39, 0.29) is 16.9 Å². The fraction of sp³-hybridized carbons (Fsp3) is 0.429. The lowest BCUT2D eigenvalue weighted by molar-refractivity contribution is 0.346. The van der Waals surface area contributed by atoms with Crippen molar-refractivity contribution in [1.82, 2.24) is 0 Å². The molecule has 118 valence electrons. The number of halogens is 3. The van der Waals surface area contributed by atoms with Crippen LogP contribution in [0.25, 0.3) is 0 Å². The highest BCUT2D eigenvalue weighted by Gasteiger charge is 2.24. The predicted molar refractivity (Wildman–Crippen MR) is 88.2 cm³/mol. The minimum atomic E-state index is -3.81. The molecule has 0 radical (unpaired) electrons. The molecule has 0 saturated carbocycles. The third kappa shape index (κ3) is 5.06. The highest BCUT2D eigenvalue weighted by Crippen LogP contribution is 2.36. The average Bonchev–Trinajstić information content (AvgIpc) is 2.32. The Balaban J connectivity index is 3.41. The summed E-state index contributed by atoms with van der Waals surface area (Å²) in [5.74, 6) is 0.556. The van der Waals surface area contributed by atoms with Gasteiger partial charge in [0.05, 0.1) is 9.93 Å². The van der Waals surface area contributed by atoms with Gasteiger partial charge < -0.3 is 4.74 Å². The normalized spacial score (nSPS) is 13.4. The van der Waals surface area contributed by atoms with E-state index in [1.165, 1.54) is 5.54 Å². The fourth-order valence-electron chi connectivity index (χ4n) is 1.81. The maximum atomic E-state index is 11.6. The molecule has 0 N–H and O–H groups in total. The first kappa shape index (κ1) is 18.6. The standard InChI is InChI=1S/C14H17Cl3O3S/c1-9-5-12(20-8-10(16)7-15)11(14(2,3)4)6-13(9)21(17,18)19/h5-7H,8H2,1-4H3/b10-7-. The summed E-state index contributed by atoms with van der Waals surface area (Å²) < 4.78 is 28.9. The van der Waals surface area contributed by atoms with E-state index in [2.05, 4.69) is 0 Å². The molecular formula is C14H17Cl3O3S. The Bertz CT molecular complexity index is 659. The number of hydrogen-bond acceptors (Lipinski definition) is 3. The van der Waals surface area contributed by atoms with E-state index >= 15 is 0 Å². The summed E-state index contributed by atoms with van der Waals surface area (Å²) in [4.78, 5) is 0.0837. The van der Waals surface area contributed by atoms with Gasteiger partial charge in [0.2, 0.25) is 0 Å². The molecule has 0 aromatic heterocycles. The largest absolute Gasteiger partial charge is 0.488 e. The fourth-order valence-corrected chi connectivity index (χ4v) is 3.13. The minimum absolute atomic E-state index is 0.0837. The Hall–Kier alpha value is -0.420. The summed E-state index contributed by atoms with van der Waals surface area (Å²) in [6.07, 6.45) is 0. The Morgan fingerprint density at radius 1 is 1.33 bits per heavy atom. The van der Waals surface area contributed by atoms with Crippen molar-refractivity contribution in [2.24, 2.45) is 0 Å². The molecule has 1 rings (SSSR count). The zero-order valence-corrected chi connectivity index (χ0v) is 15.3. The molecule has 0 bridgehead atoms. The van der Waals surface area contributed by atoms with Crippen LogP contribution in [-0.4, -0.2) is 15.0 Å². The predicted octanol–water partition coefficient (Wildman–Crippen LogP) is 4.92. The van der Waals surface area contributed by atoms with Crippen LogP contribution in [0.5, 0.6) is 5.75 Å². The lowest BCUT2D eigenvalue weighted by atomic mass is 9.86. The zero-order valence-electron chi connectivity index (χ0n) is 12.2. The van der Waals surface area contributed by atoms with Gasteiger partial charge in [0, 0.05) is 21.8 Å². The van der Waals surface area contributed by atoms with Crippen LogP contribution in [0.4, 0.5) is 0 Å². The van der Waals surface area contributed by atoms with E-state index < -0.39 is 9.05 Å². The van der Waals surface area contributed by atoms with Crippen molar-refractivity contribution >= 4 is 42.9 Å². The van der Waals surface area contributed by atoms with E-state index in [9.17, 15) is 8.42 Å². The van der Waals surface area contributed by atoms with Crippen LogP contribution >= 0.6 is 33.9 Å². The van der Waals surface area contributed by atoms with Crippen molar-refractivity contribution in [3.8, 4) is 5.75 Å². The second-order valence-electron chi connectivity index (χ2n) is 5.65. The SMILES string of the molecule is Cc1cc(OC/C(Cl)=C/Cl)c(C(C)(C)C)cc1S(=O)(=O)Cl. The quantitative estimate of drug-likeness (QED) is 0.706. The van der Waals surface area contributed by atoms with E-state index in [1.54, 1.807) is 19.1 Å². The molecular weight excluding hydrogens is 355 g/mol. The summed E-state index contributed by atoms with van der Waals surface area (Å²) in [7, 11) is 1.66. The lowest BCUT2D eigenvalue weighted by Gasteiger charge is -2.24. The lowest BCUT2D eigenvalue weighted by Crippen LogP contribution is -2.15. The zero-order chi connectivity index (χ0) is 16.4. The van der Waals surface area contributed by atoms with Crippen LogP contribution in [0.3, 0.4) is 0 Å². The van der Waals surface area contributed by atoms with E-state index in [1.807, 2.05) is 20.8 Å². The van der Waals surface area contributed by atoms with E-state index in [4.69, 9.17) is 38.6 Å². The maximum Gasteiger partial charge on any atom is 0.261 e. The van der Waals surface area contributed by atoms with Crippen LogP contribution in [0, 0.1) is 6.92 Å². The molecule has 1 aromatic carbocycles. The second-order valence-corrected chi connectivity index (χ2v) is 8.88. The molecule has 0 unspecified atom stereocenters. The van der Waals surface area contributed by atoms with Crippen molar-refractivity contribution in [2.45, 2.75) is 38.0 Å². The summed E-state index contributed by atoms with van der Waals surface area (Å²) in [5, 5.41) is 0.350. The third-order valence-electron chi connectivity index (χ3n) is 2.83. The molecule has 21 heavy (non-hydrogen) atoms. The molecule has 0 heterocycles. The highest BCUT2D eigenvalue weighted by atomic mass is 35.7. The first-order valence-electron chi connectivity index (χ1n) is 6.14. The summed E-state index contributed by atoms with van der Waals surface area (Å²) in [5.41, 5.74) is 2.14. The number of ether oxygens (including phenoxy) is 1. The number of hydrogen-bond donors (Lipinski definition) is 0. The third-order valence-corrected chi connectivity index (χ3v) is 4.89. The number of rotatable bonds is 4. The Kier molecular flexibility index (Phi) is 6.01. The van der Waals surface area contributed by atoms with Crippen LogP contribution in [-0.2, 0) is 14.5 Å². The van der Waals surface area contributed by atoms with Crippen molar-refractivity contribution < 1.29 is 13.2 Å². The van der Waals surface area contributed by atoms with Crippen molar-refractivity contribution in [2.75, 3.05) is 6.61 Å². The van der Waals surface area contributed by atoms with Gasteiger partial charge in [-0.2, -0.15) is 0 Å². The van der Waals surface area contributed by atoms with Gasteiger partial charge in [-0.05, 0) is 30.0 Å². The van der Waals surface area contributed by atoms with Crippen molar-refractivity contribution in [3.05, 3.63) is 33.8 Å². The molecule has 0 aliphatic heterocycles. The number of benzene rings is 1. The summed E-state index contributed by atoms with van der Waals surface area (Å²) >= 11 is 11.3. The van der Waals surface area contributed by atoms with Crippen molar-refractivity contribution in [1.29, 1.82) is 0 Å². The van der Waals surface area contributed by atoms with Crippen LogP contribution < -0.4 is 4.74 Å². The maximum absolute atomic E-state index is 11.6. The monoisotopic (exact) mass is 370 g/mol. The summed E-state index contributed by atoms with van der Waals surface area (Å²) in [6.45, 7) is 7.63. The molecule has 0 spiro atoms. The Morgan fingerprint density at radius 2 is 1.90 bits per heavy atom. The van der Waals surface area contributed by atoms with E-state index in [0.717, 1.165) is 5.56 Å². The van der Waals surface area contributed by atoms with Gasteiger partial charge in [0.25, 0.3) is 9.05 Å². The molecule has 0 aliphatic carbocycles. The van der Waals surface area contributed by atoms with E-state index in [0.29, 0.717) is 16.3 Å². The highest BCUT2D eigenvalue weighted by molar-refractivity contribution is 8.13. The van der Waals surface area contributed by atoms with Crippen molar-refractivity contribution in [3.63, 3.8) is 0 Å². The molecule has 1 aromatic rings. The molecule has 0 fully saturated rings. The van der Waals surface area contributed by atoms with Gasteiger partial charge in [-0.3, -0.25) is 0 Å². The topological polar surface area (TPSA) is 43.4 Å². The average molecular weight is 372 g/mol. The van der Waals surface area contributed by atoms with Gasteiger partial charge in [-0.25, -0.2) is 8.42 Å². The molecule has 3 nitrogen and oxygen atoms in total. The molecule has 0 atom stereocenters. The first-order chi connectivity index (χ1) is 9.46. The van der Waals surface area contributed by atoms with Crippen LogP contribution in [0.15, 0.2) is 27.6 Å². The van der Waals surface area contributed by atoms with Gasteiger partial charge in [0.1, 0.15) is 12.4 Å². The minimum Gasteiger partial charge on any atom is -0.488 e.